The number of imide groups is 1. The molecule has 2 rings (SSSR count). The van der Waals surface area contributed by atoms with Gasteiger partial charge in [-0.3, -0.25) is 14.5 Å². The summed E-state index contributed by atoms with van der Waals surface area (Å²) in [5.74, 6) is 0.114. The first-order valence-electron chi connectivity index (χ1n) is 5.35. The molecule has 5 nitrogen and oxygen atoms in total. The molecular weight excluding hydrogens is 220 g/mol. The number of benzene rings is 1. The number of ether oxygens (including phenoxy) is 1. The fourth-order valence-corrected chi connectivity index (χ4v) is 1.88. The van der Waals surface area contributed by atoms with Crippen LogP contribution in [0.3, 0.4) is 0 Å². The largest absolute Gasteiger partial charge is 0.496 e. The minimum Gasteiger partial charge on any atom is -0.496 e. The van der Waals surface area contributed by atoms with Crippen LogP contribution in [0.1, 0.15) is 12.0 Å². The number of rotatable bonds is 3. The highest BCUT2D eigenvalue weighted by molar-refractivity contribution is 6.05. The van der Waals surface area contributed by atoms with E-state index in [0.29, 0.717) is 5.75 Å². The summed E-state index contributed by atoms with van der Waals surface area (Å²) in [5, 5.41) is 0. The van der Waals surface area contributed by atoms with Crippen LogP contribution in [-0.2, 0) is 16.1 Å². The molecule has 0 bridgehead atoms. The molecule has 0 saturated carbocycles. The molecule has 17 heavy (non-hydrogen) atoms. The molecule has 1 heterocycles. The van der Waals surface area contributed by atoms with Crippen LogP contribution in [0.5, 0.6) is 5.75 Å². The lowest BCUT2D eigenvalue weighted by Gasteiger charge is -2.16. The number of nitrogens with zero attached hydrogens (tertiary/aromatic N) is 1. The summed E-state index contributed by atoms with van der Waals surface area (Å²) in [6, 6.07) is 6.59. The third-order valence-electron chi connectivity index (χ3n) is 2.80. The molecule has 1 atom stereocenters. The number of methoxy groups -OCH3 is 1. The topological polar surface area (TPSA) is 72.6 Å². The van der Waals surface area contributed by atoms with Crippen LogP contribution < -0.4 is 10.5 Å². The number of carbonyl (C=O) groups excluding carboxylic acids is 2. The average Bonchev–Trinajstić information content (AvgIpc) is 2.57. The highest BCUT2D eigenvalue weighted by Gasteiger charge is 2.36. The van der Waals surface area contributed by atoms with Crippen molar-refractivity contribution in [2.45, 2.75) is 19.0 Å². The minimum atomic E-state index is -0.697. The van der Waals surface area contributed by atoms with Gasteiger partial charge in [0.2, 0.25) is 11.8 Å². The Hall–Kier alpha value is -1.88. The molecule has 0 radical (unpaired) electrons. The molecule has 0 aliphatic carbocycles. The van der Waals surface area contributed by atoms with Gasteiger partial charge in [0.05, 0.1) is 26.1 Å². The Labute approximate surface area is 99.2 Å². The second-order valence-electron chi connectivity index (χ2n) is 3.94. The van der Waals surface area contributed by atoms with Gasteiger partial charge >= 0.3 is 0 Å². The molecule has 1 aliphatic heterocycles. The maximum Gasteiger partial charge on any atom is 0.246 e. The minimum absolute atomic E-state index is 0.0913. The van der Waals surface area contributed by atoms with Gasteiger partial charge in [-0.25, -0.2) is 0 Å². The van der Waals surface area contributed by atoms with Gasteiger partial charge in [-0.05, 0) is 6.07 Å². The zero-order valence-corrected chi connectivity index (χ0v) is 9.55. The zero-order chi connectivity index (χ0) is 12.4. The Morgan fingerprint density at radius 3 is 2.71 bits per heavy atom. The number of amides is 2. The monoisotopic (exact) mass is 234 g/mol. The number of hydrogen-bond acceptors (Lipinski definition) is 4. The van der Waals surface area contributed by atoms with Crippen LogP contribution >= 0.6 is 0 Å². The van der Waals surface area contributed by atoms with Gasteiger partial charge < -0.3 is 10.5 Å². The maximum atomic E-state index is 11.7. The lowest BCUT2D eigenvalue weighted by molar-refractivity contribution is -0.139. The highest BCUT2D eigenvalue weighted by Crippen LogP contribution is 2.22. The van der Waals surface area contributed by atoms with Crippen LogP contribution in [0, 0.1) is 0 Å². The summed E-state index contributed by atoms with van der Waals surface area (Å²) in [6.45, 7) is 0.218. The fourth-order valence-electron chi connectivity index (χ4n) is 1.88. The second kappa shape index (κ2) is 4.55. The summed E-state index contributed by atoms with van der Waals surface area (Å²) in [4.78, 5) is 24.4. The van der Waals surface area contributed by atoms with Crippen molar-refractivity contribution < 1.29 is 14.3 Å². The van der Waals surface area contributed by atoms with Crippen LogP contribution in [0.15, 0.2) is 24.3 Å². The number of likely N-dealkylation sites (tertiary alicyclic amines) is 1. The smallest absolute Gasteiger partial charge is 0.246 e. The summed E-state index contributed by atoms with van der Waals surface area (Å²) >= 11 is 0. The lowest BCUT2D eigenvalue weighted by atomic mass is 10.2. The Morgan fingerprint density at radius 1 is 1.41 bits per heavy atom. The van der Waals surface area contributed by atoms with E-state index in [4.69, 9.17) is 10.5 Å². The summed E-state index contributed by atoms with van der Waals surface area (Å²) in [7, 11) is 1.55. The van der Waals surface area contributed by atoms with Crippen molar-refractivity contribution in [1.82, 2.24) is 4.90 Å². The number of carbonyl (C=O) groups is 2. The quantitative estimate of drug-likeness (QED) is 0.762. The first-order chi connectivity index (χ1) is 8.13. The van der Waals surface area contributed by atoms with Gasteiger partial charge in [0.1, 0.15) is 5.75 Å². The first-order valence-corrected chi connectivity index (χ1v) is 5.35. The van der Waals surface area contributed by atoms with Gasteiger partial charge in [0.15, 0.2) is 0 Å². The van der Waals surface area contributed by atoms with Crippen molar-refractivity contribution >= 4 is 11.8 Å². The van der Waals surface area contributed by atoms with Crippen molar-refractivity contribution in [3.8, 4) is 5.75 Å². The molecule has 1 fully saturated rings. The summed E-state index contributed by atoms with van der Waals surface area (Å²) in [6.07, 6.45) is 0.0913. The fraction of sp³-hybridized carbons (Fsp3) is 0.333. The Morgan fingerprint density at radius 2 is 2.12 bits per heavy atom. The highest BCUT2D eigenvalue weighted by atomic mass is 16.5. The number of hydrogen-bond donors (Lipinski definition) is 1. The van der Waals surface area contributed by atoms with Gasteiger partial charge in [-0.1, -0.05) is 18.2 Å². The molecule has 2 amide bonds. The van der Waals surface area contributed by atoms with Crippen LogP contribution in [0.4, 0.5) is 0 Å². The van der Waals surface area contributed by atoms with E-state index < -0.39 is 6.04 Å². The van der Waals surface area contributed by atoms with Crippen molar-refractivity contribution in [3.05, 3.63) is 29.8 Å². The van der Waals surface area contributed by atoms with Crippen LogP contribution in [0.2, 0.25) is 0 Å². The molecular formula is C12H14N2O3. The Kier molecular flexibility index (Phi) is 3.10. The predicted octanol–water partition coefficient (Wildman–Crippen LogP) is 0.281. The van der Waals surface area contributed by atoms with Crippen molar-refractivity contribution in [3.63, 3.8) is 0 Å². The van der Waals surface area contributed by atoms with Gasteiger partial charge in [0, 0.05) is 5.56 Å². The van der Waals surface area contributed by atoms with E-state index in [1.807, 2.05) is 18.2 Å². The van der Waals surface area contributed by atoms with Gasteiger partial charge in [-0.15, -0.1) is 0 Å². The van der Waals surface area contributed by atoms with E-state index in [1.54, 1.807) is 13.2 Å². The van der Waals surface area contributed by atoms with E-state index in [2.05, 4.69) is 0 Å². The van der Waals surface area contributed by atoms with Crippen LogP contribution in [0.25, 0.3) is 0 Å². The standard InChI is InChI=1S/C12H14N2O3/c1-17-10-5-3-2-4-8(10)7-14-11(15)6-9(13)12(14)16/h2-5,9H,6-7,13H2,1H3/t9-/m0/s1. The summed E-state index contributed by atoms with van der Waals surface area (Å²) < 4.78 is 5.17. The molecule has 0 spiro atoms. The van der Waals surface area contributed by atoms with E-state index >= 15 is 0 Å². The Bertz CT molecular complexity index is 459. The predicted molar refractivity (Wildman–Crippen MR) is 61.1 cm³/mol. The van der Waals surface area contributed by atoms with Crippen LogP contribution in [-0.4, -0.2) is 29.9 Å². The molecule has 1 saturated heterocycles. The van der Waals surface area contributed by atoms with E-state index in [1.165, 1.54) is 4.90 Å². The maximum absolute atomic E-state index is 11.7. The van der Waals surface area contributed by atoms with E-state index in [0.717, 1.165) is 5.56 Å². The molecule has 1 aromatic rings. The van der Waals surface area contributed by atoms with E-state index in [9.17, 15) is 9.59 Å². The van der Waals surface area contributed by atoms with Crippen molar-refractivity contribution in [1.29, 1.82) is 0 Å². The molecule has 2 N–H and O–H groups in total. The lowest BCUT2D eigenvalue weighted by Crippen LogP contribution is -2.34. The van der Waals surface area contributed by atoms with Gasteiger partial charge in [-0.2, -0.15) is 0 Å². The molecule has 1 aliphatic rings. The Balaban J connectivity index is 2.21. The molecule has 0 unspecified atom stereocenters. The number of para-hydroxylation sites is 1. The molecule has 0 aromatic heterocycles. The summed E-state index contributed by atoms with van der Waals surface area (Å²) in [5.41, 5.74) is 6.34. The van der Waals surface area contributed by atoms with Crippen molar-refractivity contribution in [2.24, 2.45) is 5.73 Å². The third kappa shape index (κ3) is 2.14. The zero-order valence-electron chi connectivity index (χ0n) is 9.55. The molecule has 90 valence electrons. The molecule has 5 heteroatoms. The molecule has 1 aromatic carbocycles. The number of nitrogens with two attached hydrogens (primary N) is 1. The average molecular weight is 234 g/mol. The SMILES string of the molecule is COc1ccccc1CN1C(=O)C[C@H](N)C1=O. The second-order valence-corrected chi connectivity index (χ2v) is 3.94. The van der Waals surface area contributed by atoms with E-state index in [-0.39, 0.29) is 24.8 Å². The third-order valence-corrected chi connectivity index (χ3v) is 2.80. The first kappa shape index (κ1) is 11.6. The normalized spacial score (nSPS) is 19.9. The van der Waals surface area contributed by atoms with Gasteiger partial charge in [0.25, 0.3) is 0 Å². The van der Waals surface area contributed by atoms with Crippen molar-refractivity contribution in [2.75, 3.05) is 7.11 Å².